The molecule has 104 valence electrons. The van der Waals surface area contributed by atoms with E-state index >= 15 is 0 Å². The predicted octanol–water partition coefficient (Wildman–Crippen LogP) is 2.50. The molecule has 1 aromatic rings. The Bertz CT molecular complexity index is 428. The van der Waals surface area contributed by atoms with E-state index in [1.165, 1.54) is 11.1 Å². The summed E-state index contributed by atoms with van der Waals surface area (Å²) in [5, 5.41) is 2.89. The van der Waals surface area contributed by atoms with E-state index in [0.29, 0.717) is 11.4 Å². The molecule has 4 heteroatoms. The van der Waals surface area contributed by atoms with E-state index in [2.05, 4.69) is 29.6 Å². The van der Waals surface area contributed by atoms with E-state index in [4.69, 9.17) is 18.0 Å². The molecule has 0 aliphatic rings. The third kappa shape index (κ3) is 5.83. The Labute approximate surface area is 120 Å². The molecule has 0 aromatic heterocycles. The summed E-state index contributed by atoms with van der Waals surface area (Å²) in [6, 6.07) is 8.05. The Balaban J connectivity index is 2.42. The van der Waals surface area contributed by atoms with Crippen molar-refractivity contribution in [1.82, 2.24) is 5.32 Å². The number of rotatable bonds is 7. The molecule has 0 radical (unpaired) electrons. The second-order valence-corrected chi connectivity index (χ2v) is 5.27. The van der Waals surface area contributed by atoms with Crippen molar-refractivity contribution in [2.75, 3.05) is 0 Å². The van der Waals surface area contributed by atoms with Crippen LogP contribution in [-0.4, -0.2) is 16.9 Å². The Morgan fingerprint density at radius 2 is 2.00 bits per heavy atom. The standard InChI is InChI=1S/C15H22N2OS/c1-3-4-13(15(16)19)17-14(18)10-9-12-7-5-11(2)6-8-12/h5-8,13H,3-4,9-10H2,1-2H3,(H2,16,19)(H,17,18). The molecule has 1 unspecified atom stereocenters. The van der Waals surface area contributed by atoms with Gasteiger partial charge in [-0.15, -0.1) is 0 Å². The number of thiocarbonyl (C=S) groups is 1. The molecule has 0 saturated carbocycles. The Kier molecular flexibility index (Phi) is 6.50. The molecular weight excluding hydrogens is 256 g/mol. The number of nitrogens with one attached hydrogen (secondary N) is 1. The van der Waals surface area contributed by atoms with Gasteiger partial charge in [0.25, 0.3) is 0 Å². The smallest absolute Gasteiger partial charge is 0.220 e. The molecular formula is C15H22N2OS. The van der Waals surface area contributed by atoms with Crippen molar-refractivity contribution in [3.8, 4) is 0 Å². The average Bonchev–Trinajstić information content (AvgIpc) is 2.37. The first-order valence-corrected chi connectivity index (χ1v) is 7.08. The number of hydrogen-bond acceptors (Lipinski definition) is 2. The number of carbonyl (C=O) groups is 1. The molecule has 0 bridgehead atoms. The van der Waals surface area contributed by atoms with Gasteiger partial charge in [-0.05, 0) is 25.3 Å². The number of carbonyl (C=O) groups excluding carboxylic acids is 1. The summed E-state index contributed by atoms with van der Waals surface area (Å²) in [6.45, 7) is 4.09. The molecule has 1 rings (SSSR count). The van der Waals surface area contributed by atoms with Crippen LogP contribution < -0.4 is 11.1 Å². The van der Waals surface area contributed by atoms with Crippen molar-refractivity contribution >= 4 is 23.1 Å². The summed E-state index contributed by atoms with van der Waals surface area (Å²) >= 11 is 4.96. The van der Waals surface area contributed by atoms with Gasteiger partial charge in [-0.25, -0.2) is 0 Å². The fourth-order valence-electron chi connectivity index (χ4n) is 1.85. The van der Waals surface area contributed by atoms with Crippen molar-refractivity contribution in [2.24, 2.45) is 5.73 Å². The van der Waals surface area contributed by atoms with Crippen molar-refractivity contribution in [2.45, 2.75) is 45.6 Å². The fourth-order valence-corrected chi connectivity index (χ4v) is 2.03. The fraction of sp³-hybridized carbons (Fsp3) is 0.467. The zero-order valence-electron chi connectivity index (χ0n) is 11.6. The van der Waals surface area contributed by atoms with Gasteiger partial charge in [0.1, 0.15) is 0 Å². The number of aryl methyl sites for hydroxylation is 2. The number of hydrogen-bond donors (Lipinski definition) is 2. The molecule has 0 spiro atoms. The van der Waals surface area contributed by atoms with E-state index < -0.39 is 0 Å². The summed E-state index contributed by atoms with van der Waals surface area (Å²) in [5.41, 5.74) is 8.01. The quantitative estimate of drug-likeness (QED) is 0.753. The second kappa shape index (κ2) is 7.89. The van der Waals surface area contributed by atoms with E-state index in [1.54, 1.807) is 0 Å². The highest BCUT2D eigenvalue weighted by Gasteiger charge is 2.13. The molecule has 0 aliphatic heterocycles. The Morgan fingerprint density at radius 3 is 2.53 bits per heavy atom. The van der Waals surface area contributed by atoms with Gasteiger partial charge in [0.05, 0.1) is 11.0 Å². The monoisotopic (exact) mass is 278 g/mol. The molecule has 0 heterocycles. The first-order valence-electron chi connectivity index (χ1n) is 6.67. The normalized spacial score (nSPS) is 11.9. The van der Waals surface area contributed by atoms with Gasteiger partial charge in [0.15, 0.2) is 0 Å². The molecule has 0 saturated heterocycles. The number of benzene rings is 1. The first-order chi connectivity index (χ1) is 9.02. The van der Waals surface area contributed by atoms with E-state index in [9.17, 15) is 4.79 Å². The summed E-state index contributed by atoms with van der Waals surface area (Å²) < 4.78 is 0. The lowest BCUT2D eigenvalue weighted by molar-refractivity contribution is -0.121. The maximum atomic E-state index is 11.8. The minimum atomic E-state index is -0.175. The lowest BCUT2D eigenvalue weighted by Gasteiger charge is -2.16. The van der Waals surface area contributed by atoms with Crippen LogP contribution in [0.4, 0.5) is 0 Å². The zero-order valence-corrected chi connectivity index (χ0v) is 12.4. The minimum absolute atomic E-state index is 0.00632. The Hall–Kier alpha value is -1.42. The number of amides is 1. The third-order valence-corrected chi connectivity index (χ3v) is 3.30. The van der Waals surface area contributed by atoms with E-state index in [0.717, 1.165) is 19.3 Å². The first kappa shape index (κ1) is 15.6. The van der Waals surface area contributed by atoms with E-state index in [1.807, 2.05) is 13.8 Å². The average molecular weight is 278 g/mol. The highest BCUT2D eigenvalue weighted by atomic mass is 32.1. The van der Waals surface area contributed by atoms with Gasteiger partial charge in [-0.1, -0.05) is 55.4 Å². The molecule has 1 aromatic carbocycles. The van der Waals surface area contributed by atoms with Crippen LogP contribution in [0.15, 0.2) is 24.3 Å². The highest BCUT2D eigenvalue weighted by molar-refractivity contribution is 7.80. The maximum absolute atomic E-state index is 11.8. The van der Waals surface area contributed by atoms with Gasteiger partial charge >= 0.3 is 0 Å². The van der Waals surface area contributed by atoms with E-state index in [-0.39, 0.29) is 11.9 Å². The highest BCUT2D eigenvalue weighted by Crippen LogP contribution is 2.06. The number of nitrogens with two attached hydrogens (primary N) is 1. The van der Waals surface area contributed by atoms with Crippen LogP contribution in [-0.2, 0) is 11.2 Å². The van der Waals surface area contributed by atoms with Gasteiger partial charge < -0.3 is 11.1 Å². The molecule has 3 nitrogen and oxygen atoms in total. The van der Waals surface area contributed by atoms with Gasteiger partial charge in [0.2, 0.25) is 5.91 Å². The molecule has 0 aliphatic carbocycles. The zero-order chi connectivity index (χ0) is 14.3. The van der Waals surface area contributed by atoms with Crippen LogP contribution in [0.5, 0.6) is 0 Å². The predicted molar refractivity (Wildman–Crippen MR) is 83.1 cm³/mol. The summed E-state index contributed by atoms with van der Waals surface area (Å²) in [4.78, 5) is 12.2. The summed E-state index contributed by atoms with van der Waals surface area (Å²) in [5.74, 6) is 0.00632. The van der Waals surface area contributed by atoms with Gasteiger partial charge in [0, 0.05) is 6.42 Å². The summed E-state index contributed by atoms with van der Waals surface area (Å²) in [6.07, 6.45) is 2.94. The van der Waals surface area contributed by atoms with Crippen molar-refractivity contribution in [1.29, 1.82) is 0 Å². The molecule has 1 amide bonds. The van der Waals surface area contributed by atoms with Crippen molar-refractivity contribution < 1.29 is 4.79 Å². The van der Waals surface area contributed by atoms with Gasteiger partial charge in [-0.3, -0.25) is 4.79 Å². The molecule has 19 heavy (non-hydrogen) atoms. The molecule has 1 atom stereocenters. The second-order valence-electron chi connectivity index (χ2n) is 4.80. The third-order valence-electron chi connectivity index (χ3n) is 3.02. The largest absolute Gasteiger partial charge is 0.392 e. The summed E-state index contributed by atoms with van der Waals surface area (Å²) in [7, 11) is 0. The van der Waals surface area contributed by atoms with Crippen LogP contribution in [0.2, 0.25) is 0 Å². The maximum Gasteiger partial charge on any atom is 0.220 e. The van der Waals surface area contributed by atoms with Crippen molar-refractivity contribution in [3.63, 3.8) is 0 Å². The van der Waals surface area contributed by atoms with Gasteiger partial charge in [-0.2, -0.15) is 0 Å². The van der Waals surface area contributed by atoms with Crippen LogP contribution in [0.25, 0.3) is 0 Å². The van der Waals surface area contributed by atoms with Crippen molar-refractivity contribution in [3.05, 3.63) is 35.4 Å². The van der Waals surface area contributed by atoms with Crippen LogP contribution in [0.1, 0.15) is 37.3 Å². The SMILES string of the molecule is CCCC(NC(=O)CCc1ccc(C)cc1)C(N)=S. The van der Waals surface area contributed by atoms with Crippen LogP contribution in [0.3, 0.4) is 0 Å². The Morgan fingerprint density at radius 1 is 1.37 bits per heavy atom. The van der Waals surface area contributed by atoms with Crippen LogP contribution in [0, 0.1) is 6.92 Å². The molecule has 0 fully saturated rings. The lowest BCUT2D eigenvalue weighted by Crippen LogP contribution is -2.43. The van der Waals surface area contributed by atoms with Crippen LogP contribution >= 0.6 is 12.2 Å². The minimum Gasteiger partial charge on any atom is -0.392 e. The topological polar surface area (TPSA) is 55.1 Å². The molecule has 3 N–H and O–H groups in total. The lowest BCUT2D eigenvalue weighted by atomic mass is 10.1.